The molecule has 0 aliphatic carbocycles. The average molecular weight is 441 g/mol. The predicted molar refractivity (Wildman–Crippen MR) is 123 cm³/mol. The molecule has 8 heteroatoms. The van der Waals surface area contributed by atoms with Crippen LogP contribution in [0.5, 0.6) is 0 Å². The van der Waals surface area contributed by atoms with Crippen LogP contribution in [0.1, 0.15) is 31.0 Å². The number of nitriles is 1. The van der Waals surface area contributed by atoms with E-state index in [1.807, 2.05) is 60.7 Å². The number of nitrogens with one attached hydrogen (secondary N) is 2. The van der Waals surface area contributed by atoms with Crippen LogP contribution in [0.2, 0.25) is 0 Å². The first-order chi connectivity index (χ1) is 16.0. The van der Waals surface area contributed by atoms with Crippen LogP contribution in [0.4, 0.5) is 11.5 Å². The van der Waals surface area contributed by atoms with Crippen molar-refractivity contribution in [1.82, 2.24) is 9.78 Å². The van der Waals surface area contributed by atoms with Gasteiger partial charge in [-0.3, -0.25) is 4.79 Å². The van der Waals surface area contributed by atoms with Crippen LogP contribution in [0.3, 0.4) is 0 Å². The molecule has 0 amide bonds. The number of hydrogen-bond acceptors (Lipinski definition) is 7. The number of benzene rings is 2. The molecule has 1 aliphatic heterocycles. The first-order valence-electron chi connectivity index (χ1n) is 10.5. The predicted octanol–water partition coefficient (Wildman–Crippen LogP) is 3.76. The number of para-hydroxylation sites is 1. The highest BCUT2D eigenvalue weighted by Crippen LogP contribution is 2.46. The maximum absolute atomic E-state index is 13.9. The number of rotatable bonds is 7. The lowest BCUT2D eigenvalue weighted by Gasteiger charge is -2.43. The lowest BCUT2D eigenvalue weighted by molar-refractivity contribution is -0.154. The van der Waals surface area contributed by atoms with Gasteiger partial charge in [-0.1, -0.05) is 48.5 Å². The number of ketones is 1. The van der Waals surface area contributed by atoms with Gasteiger partial charge in [-0.25, -0.2) is 9.48 Å². The lowest BCUT2D eigenvalue weighted by Crippen LogP contribution is -2.55. The third-order valence-electron chi connectivity index (χ3n) is 5.59. The summed E-state index contributed by atoms with van der Waals surface area (Å²) in [6.07, 6.45) is 2.84. The molecule has 0 saturated carbocycles. The molecular formula is C25H23N5O3. The summed E-state index contributed by atoms with van der Waals surface area (Å²) >= 11 is 0. The van der Waals surface area contributed by atoms with Gasteiger partial charge in [0.05, 0.1) is 24.4 Å². The summed E-state index contributed by atoms with van der Waals surface area (Å²) in [5.41, 5.74) is 0.177. The van der Waals surface area contributed by atoms with E-state index in [0.717, 1.165) is 11.3 Å². The quantitative estimate of drug-likeness (QED) is 0.537. The van der Waals surface area contributed by atoms with E-state index < -0.39 is 17.6 Å². The van der Waals surface area contributed by atoms with Crippen LogP contribution in [0, 0.1) is 11.3 Å². The summed E-state index contributed by atoms with van der Waals surface area (Å²) in [7, 11) is 0. The first-order valence-corrected chi connectivity index (χ1v) is 10.5. The van der Waals surface area contributed by atoms with Gasteiger partial charge in [0.2, 0.25) is 5.54 Å². The number of aromatic nitrogens is 2. The number of fused-ring (bicyclic) bond motifs is 1. The van der Waals surface area contributed by atoms with Crippen LogP contribution in [0.15, 0.2) is 78.6 Å². The molecule has 0 bridgehead atoms. The zero-order chi connectivity index (χ0) is 23.4. The van der Waals surface area contributed by atoms with Gasteiger partial charge >= 0.3 is 5.97 Å². The molecule has 0 radical (unpaired) electrons. The van der Waals surface area contributed by atoms with E-state index in [1.165, 1.54) is 24.0 Å². The monoisotopic (exact) mass is 441 g/mol. The second-order valence-electron chi connectivity index (χ2n) is 7.53. The summed E-state index contributed by atoms with van der Waals surface area (Å²) in [5, 5.41) is 20.4. The Morgan fingerprint density at radius 2 is 1.85 bits per heavy atom. The minimum atomic E-state index is -1.71. The number of ether oxygens (including phenoxy) is 1. The maximum Gasteiger partial charge on any atom is 0.341 e. The fourth-order valence-corrected chi connectivity index (χ4v) is 4.18. The summed E-state index contributed by atoms with van der Waals surface area (Å²) in [6.45, 7) is 3.20. The van der Waals surface area contributed by atoms with Crippen molar-refractivity contribution in [2.45, 2.75) is 25.4 Å². The van der Waals surface area contributed by atoms with Gasteiger partial charge in [0.25, 0.3) is 0 Å². The molecule has 8 nitrogen and oxygen atoms in total. The third-order valence-corrected chi connectivity index (χ3v) is 5.59. The van der Waals surface area contributed by atoms with Crippen molar-refractivity contribution in [3.8, 4) is 6.07 Å². The van der Waals surface area contributed by atoms with Gasteiger partial charge < -0.3 is 15.4 Å². The Balaban J connectivity index is 2.06. The highest BCUT2D eigenvalue weighted by Gasteiger charge is 2.57. The van der Waals surface area contributed by atoms with E-state index in [9.17, 15) is 14.9 Å². The lowest BCUT2D eigenvalue weighted by atomic mass is 9.76. The maximum atomic E-state index is 13.9. The fourth-order valence-electron chi connectivity index (χ4n) is 4.18. The molecule has 2 atom stereocenters. The zero-order valence-electron chi connectivity index (χ0n) is 18.3. The topological polar surface area (TPSA) is 109 Å². The van der Waals surface area contributed by atoms with Crippen LogP contribution in [-0.2, 0) is 19.9 Å². The molecule has 1 aliphatic rings. The highest BCUT2D eigenvalue weighted by atomic mass is 16.5. The van der Waals surface area contributed by atoms with Crippen molar-refractivity contribution in [2.75, 3.05) is 17.2 Å². The van der Waals surface area contributed by atoms with Crippen molar-refractivity contribution in [3.63, 3.8) is 0 Å². The van der Waals surface area contributed by atoms with Crippen molar-refractivity contribution < 1.29 is 14.3 Å². The highest BCUT2D eigenvalue weighted by molar-refractivity contribution is 6.04. The fraction of sp³-hybridized carbons (Fsp3) is 0.200. The molecule has 2 aromatic carbocycles. The first kappa shape index (κ1) is 21.8. The van der Waals surface area contributed by atoms with Crippen molar-refractivity contribution in [1.29, 1.82) is 5.26 Å². The van der Waals surface area contributed by atoms with Crippen LogP contribution in [-0.4, -0.2) is 28.1 Å². The molecule has 4 rings (SSSR count). The number of esters is 1. The zero-order valence-corrected chi connectivity index (χ0v) is 18.3. The molecule has 0 spiro atoms. The van der Waals surface area contributed by atoms with Gasteiger partial charge in [-0.15, -0.1) is 0 Å². The van der Waals surface area contributed by atoms with Crippen molar-refractivity contribution in [3.05, 3.63) is 89.8 Å². The van der Waals surface area contributed by atoms with Crippen molar-refractivity contribution >= 4 is 23.3 Å². The largest absolute Gasteiger partial charge is 0.464 e. The Hall–Kier alpha value is -4.38. The molecule has 2 N–H and O–H groups in total. The second kappa shape index (κ2) is 9.01. The Labute approximate surface area is 191 Å². The van der Waals surface area contributed by atoms with Crippen LogP contribution in [0.25, 0.3) is 0 Å². The molecule has 0 fully saturated rings. The summed E-state index contributed by atoms with van der Waals surface area (Å²) in [4.78, 5) is 26.8. The van der Waals surface area contributed by atoms with Gasteiger partial charge in [-0.2, -0.15) is 10.4 Å². The molecule has 0 saturated heterocycles. The van der Waals surface area contributed by atoms with E-state index in [4.69, 9.17) is 4.74 Å². The van der Waals surface area contributed by atoms with Crippen LogP contribution < -0.4 is 10.6 Å². The molecular weight excluding hydrogens is 418 g/mol. The van der Waals surface area contributed by atoms with Crippen LogP contribution >= 0.6 is 0 Å². The Kier molecular flexibility index (Phi) is 5.96. The minimum Gasteiger partial charge on any atom is -0.464 e. The minimum absolute atomic E-state index is 0.105. The number of carbonyl (C=O) groups excluding carboxylic acids is 2. The van der Waals surface area contributed by atoms with E-state index in [-0.39, 0.29) is 23.5 Å². The number of carbonyl (C=O) groups is 2. The molecule has 2 heterocycles. The third kappa shape index (κ3) is 3.64. The van der Waals surface area contributed by atoms with Gasteiger partial charge in [0.15, 0.2) is 5.78 Å². The molecule has 2 unspecified atom stereocenters. The number of nitrogens with zero attached hydrogens (tertiary/aromatic N) is 3. The number of Topliss-reactive ketones (excluding diaryl/α,β-unsaturated/α-hetero) is 1. The Morgan fingerprint density at radius 1 is 1.18 bits per heavy atom. The van der Waals surface area contributed by atoms with Crippen molar-refractivity contribution in [2.24, 2.45) is 0 Å². The average Bonchev–Trinajstić information content (AvgIpc) is 3.27. The summed E-state index contributed by atoms with van der Waals surface area (Å²) in [6, 6.07) is 20.0. The van der Waals surface area contributed by atoms with Gasteiger partial charge in [0, 0.05) is 11.9 Å². The Bertz CT molecular complexity index is 1240. The smallest absolute Gasteiger partial charge is 0.341 e. The van der Waals surface area contributed by atoms with Gasteiger partial charge in [-0.05, 0) is 31.5 Å². The summed E-state index contributed by atoms with van der Waals surface area (Å²) in [5.74, 6) is -0.670. The second-order valence-corrected chi connectivity index (χ2v) is 7.53. The summed E-state index contributed by atoms with van der Waals surface area (Å²) < 4.78 is 6.96. The molecule has 33 heavy (non-hydrogen) atoms. The molecule has 3 aromatic rings. The normalized spacial score (nSPS) is 17.5. The number of hydrogen-bond donors (Lipinski definition) is 2. The Morgan fingerprint density at radius 3 is 2.45 bits per heavy atom. The molecule has 166 valence electrons. The molecule has 1 aromatic heterocycles. The van der Waals surface area contributed by atoms with Gasteiger partial charge in [0.1, 0.15) is 17.5 Å². The van der Waals surface area contributed by atoms with E-state index in [1.54, 1.807) is 6.92 Å². The van der Waals surface area contributed by atoms with E-state index in [0.29, 0.717) is 5.82 Å². The number of anilines is 2. The SMILES string of the molecule is CCOC(=O)C1(C(Nc2ccccc2)c2ccccc2)C(C(C)=O)=CNc2c(C#N)cnn21. The van der Waals surface area contributed by atoms with E-state index in [2.05, 4.69) is 21.8 Å². The standard InChI is InChI=1S/C25H23N5O3/c1-3-33-24(32)25(21(17(2)31)16-27-23-19(14-26)15-28-30(23)25)22(18-10-6-4-7-11-18)29-20-12-8-5-9-13-20/h4-13,15-16,22,27,29H,3H2,1-2H3. The van der Waals surface area contributed by atoms with E-state index >= 15 is 0 Å².